The molecule has 1 unspecified atom stereocenters. The van der Waals surface area contributed by atoms with E-state index in [9.17, 15) is 4.39 Å². The predicted molar refractivity (Wildman–Crippen MR) is 48.1 cm³/mol. The molecule has 0 fully saturated rings. The first kappa shape index (κ1) is 9.11. The molecule has 1 atom stereocenters. The number of hydrogen-bond donors (Lipinski definition) is 1. The van der Waals surface area contributed by atoms with Crippen molar-refractivity contribution in [2.45, 2.75) is 18.9 Å². The van der Waals surface area contributed by atoms with Crippen LogP contribution in [0.2, 0.25) is 0 Å². The van der Waals surface area contributed by atoms with E-state index in [-0.39, 0.29) is 6.42 Å². The molecule has 1 rings (SSSR count). The Morgan fingerprint density at radius 3 is 2.50 bits per heavy atom. The van der Waals surface area contributed by atoms with Crippen LogP contribution in [0.15, 0.2) is 30.3 Å². The zero-order chi connectivity index (χ0) is 9.03. The van der Waals surface area contributed by atoms with Gasteiger partial charge in [0.15, 0.2) is 0 Å². The van der Waals surface area contributed by atoms with Gasteiger partial charge in [0.2, 0.25) is 0 Å². The first-order valence-electron chi connectivity index (χ1n) is 3.88. The number of hydrogen-bond acceptors (Lipinski definition) is 1. The van der Waals surface area contributed by atoms with E-state index in [1.807, 2.05) is 30.3 Å². The molecule has 0 saturated carbocycles. The number of rotatable bonds is 3. The molecular weight excluding hydrogens is 152 g/mol. The van der Waals surface area contributed by atoms with Crippen molar-refractivity contribution in [3.63, 3.8) is 0 Å². The van der Waals surface area contributed by atoms with Crippen molar-refractivity contribution in [3.05, 3.63) is 35.9 Å². The van der Waals surface area contributed by atoms with Crippen LogP contribution < -0.4 is 0 Å². The summed E-state index contributed by atoms with van der Waals surface area (Å²) in [6.45, 7) is 1.41. The van der Waals surface area contributed by atoms with Gasteiger partial charge in [0.25, 0.3) is 0 Å². The third-order valence-electron chi connectivity index (χ3n) is 1.69. The van der Waals surface area contributed by atoms with Gasteiger partial charge in [-0.2, -0.15) is 0 Å². The van der Waals surface area contributed by atoms with Gasteiger partial charge in [-0.05, 0) is 0 Å². The second-order valence-electron chi connectivity index (χ2n) is 3.08. The van der Waals surface area contributed by atoms with E-state index in [1.54, 1.807) is 0 Å². The van der Waals surface area contributed by atoms with Crippen LogP contribution in [0.1, 0.15) is 12.5 Å². The van der Waals surface area contributed by atoms with E-state index in [0.29, 0.717) is 0 Å². The summed E-state index contributed by atoms with van der Waals surface area (Å²) in [5.74, 6) is 0. The molecule has 1 nitrogen and oxygen atoms in total. The first-order chi connectivity index (χ1) is 5.64. The molecule has 0 aromatic heterocycles. The van der Waals surface area contributed by atoms with Gasteiger partial charge in [0.05, 0.1) is 0 Å². The molecule has 1 aromatic carbocycles. The summed E-state index contributed by atoms with van der Waals surface area (Å²) in [6, 6.07) is 9.36. The molecule has 0 spiro atoms. The van der Waals surface area contributed by atoms with Crippen LogP contribution in [0.4, 0.5) is 4.39 Å². The molecule has 0 aliphatic carbocycles. The average molecular weight is 163 g/mol. The van der Waals surface area contributed by atoms with Crippen molar-refractivity contribution in [1.29, 1.82) is 5.31 Å². The first-order valence-corrected chi connectivity index (χ1v) is 3.88. The monoisotopic (exact) mass is 163 g/mol. The van der Waals surface area contributed by atoms with Crippen LogP contribution in [0.5, 0.6) is 0 Å². The van der Waals surface area contributed by atoms with Crippen LogP contribution in [0.3, 0.4) is 0 Å². The van der Waals surface area contributed by atoms with Crippen LogP contribution in [0.25, 0.3) is 0 Å². The molecule has 12 heavy (non-hydrogen) atoms. The molecule has 0 heterocycles. The second kappa shape index (κ2) is 3.61. The van der Waals surface area contributed by atoms with Gasteiger partial charge < -0.3 is 0 Å². The van der Waals surface area contributed by atoms with E-state index < -0.39 is 5.57 Å². The number of alkyl halides is 1. The Morgan fingerprint density at radius 2 is 2.00 bits per heavy atom. The normalized spacial score (nSPS) is 14.8. The standard InChI is InChI=1S/C9H11BFN/c1-9(11,10-12)7-8-5-3-2-4-6-8/h2-6,12H,7H2,1H3. The van der Waals surface area contributed by atoms with Crippen LogP contribution in [-0.4, -0.2) is 12.6 Å². The Labute approximate surface area is 72.4 Å². The maximum absolute atomic E-state index is 13.3. The average Bonchev–Trinajstić information content (AvgIpc) is 2.06. The van der Waals surface area contributed by atoms with Crippen LogP contribution in [0, 0.1) is 5.31 Å². The molecule has 0 bridgehead atoms. The van der Waals surface area contributed by atoms with Crippen molar-refractivity contribution in [1.82, 2.24) is 0 Å². The molecule has 62 valence electrons. The van der Waals surface area contributed by atoms with Crippen molar-refractivity contribution < 1.29 is 4.39 Å². The van der Waals surface area contributed by atoms with Gasteiger partial charge >= 0.3 is 71.6 Å². The van der Waals surface area contributed by atoms with Crippen molar-refractivity contribution in [3.8, 4) is 0 Å². The van der Waals surface area contributed by atoms with Gasteiger partial charge in [0, 0.05) is 0 Å². The summed E-state index contributed by atoms with van der Waals surface area (Å²) in [5, 5.41) is 6.85. The van der Waals surface area contributed by atoms with Crippen molar-refractivity contribution in [2.24, 2.45) is 0 Å². The summed E-state index contributed by atoms with van der Waals surface area (Å²) in [4.78, 5) is 0. The number of nitrogens with one attached hydrogen (secondary N) is 1. The molecule has 0 saturated heterocycles. The Bertz CT molecular complexity index is 258. The van der Waals surface area contributed by atoms with Gasteiger partial charge in [0.1, 0.15) is 0 Å². The molecule has 0 radical (unpaired) electrons. The minimum atomic E-state index is -1.51. The quantitative estimate of drug-likeness (QED) is 0.661. The van der Waals surface area contributed by atoms with E-state index in [4.69, 9.17) is 5.31 Å². The summed E-state index contributed by atoms with van der Waals surface area (Å²) in [7, 11) is 0.847. The fourth-order valence-corrected chi connectivity index (χ4v) is 1.05. The molecule has 1 aromatic rings. The third-order valence-corrected chi connectivity index (χ3v) is 1.69. The van der Waals surface area contributed by atoms with E-state index in [1.165, 1.54) is 6.92 Å². The Kier molecular flexibility index (Phi) is 2.74. The SMILES string of the molecule is CC(F)(B=N)Cc1ccccc1. The molecular formula is C9H11BFN. The summed E-state index contributed by atoms with van der Waals surface area (Å²) >= 11 is 0. The molecule has 3 heteroatoms. The molecule has 1 N–H and O–H groups in total. The van der Waals surface area contributed by atoms with Crippen molar-refractivity contribution in [2.75, 3.05) is 0 Å². The summed E-state index contributed by atoms with van der Waals surface area (Å²) in [6.07, 6.45) is 0.275. The number of benzene rings is 1. The van der Waals surface area contributed by atoms with Crippen LogP contribution in [-0.2, 0) is 6.42 Å². The maximum atomic E-state index is 13.3. The Balaban J connectivity index is 2.70. The topological polar surface area (TPSA) is 23.9 Å². The zero-order valence-electron chi connectivity index (χ0n) is 7.05. The van der Waals surface area contributed by atoms with Gasteiger partial charge in [-0.25, -0.2) is 0 Å². The van der Waals surface area contributed by atoms with Crippen molar-refractivity contribution >= 4 is 7.07 Å². The summed E-state index contributed by atoms with van der Waals surface area (Å²) < 4.78 is 13.3. The summed E-state index contributed by atoms with van der Waals surface area (Å²) in [5.41, 5.74) is -0.590. The Hall–Kier alpha value is -0.985. The zero-order valence-corrected chi connectivity index (χ0v) is 7.05. The molecule has 0 amide bonds. The van der Waals surface area contributed by atoms with Gasteiger partial charge in [-0.15, -0.1) is 0 Å². The van der Waals surface area contributed by atoms with Crippen LogP contribution >= 0.6 is 0 Å². The van der Waals surface area contributed by atoms with E-state index in [0.717, 1.165) is 12.6 Å². The third kappa shape index (κ3) is 2.57. The molecule has 0 aliphatic heterocycles. The molecule has 0 aliphatic rings. The van der Waals surface area contributed by atoms with Gasteiger partial charge in [-0.3, -0.25) is 0 Å². The van der Waals surface area contributed by atoms with Gasteiger partial charge in [-0.1, -0.05) is 0 Å². The number of halogens is 1. The fourth-order valence-electron chi connectivity index (χ4n) is 1.05. The second-order valence-corrected chi connectivity index (χ2v) is 3.08. The fraction of sp³-hybridized carbons (Fsp3) is 0.333. The minimum absolute atomic E-state index is 0.275. The Morgan fingerprint density at radius 1 is 1.42 bits per heavy atom. The van der Waals surface area contributed by atoms with E-state index in [2.05, 4.69) is 0 Å². The van der Waals surface area contributed by atoms with E-state index >= 15 is 0 Å². The predicted octanol–water partition coefficient (Wildman–Crippen LogP) is 2.38.